The van der Waals surface area contributed by atoms with E-state index < -0.39 is 88.5 Å². The van der Waals surface area contributed by atoms with E-state index in [1.165, 1.54) is 4.90 Å². The standard InChI is InChI=1S/C55H97NO13Si2/c1-34-27-35(2)29-46(64-13)49-47(65-14)31-37(4)55(62,67-49)50(59)51(60)56-25-20-19-21-41(56)52(61)66-48(36(3)30-39-22-23-43(45(32-39)63-12)68-70(15,16)53(6,7)8)38(5)44(69-71(17,18)54(9,10)11)33-42(58)40(28-34)24-26-57/h28,30,34-35,37-39,41,43-49,57,62H,19-27,29,31-33H2,1-18H3/t34?,35-,37?,38+,39?,41?,43?,44-,45?,46-,47-,48?,49+,55?/m0/s1. The van der Waals surface area contributed by atoms with Gasteiger partial charge < -0.3 is 47.6 Å². The second-order valence-electron chi connectivity index (χ2n) is 25.0. The molecule has 2 saturated heterocycles. The quantitative estimate of drug-likeness (QED) is 0.0867. The first kappa shape index (κ1) is 61.4. The minimum Gasteiger partial charge on any atom is -0.456 e. The van der Waals surface area contributed by atoms with E-state index in [0.717, 1.165) is 18.4 Å². The number of aliphatic hydroxyl groups excluding tert-OH is 1. The van der Waals surface area contributed by atoms with Crippen molar-refractivity contribution in [2.75, 3.05) is 34.5 Å². The molecular weight excluding hydrogens is 939 g/mol. The van der Waals surface area contributed by atoms with Crippen LogP contribution >= 0.6 is 0 Å². The lowest BCUT2D eigenvalue weighted by Gasteiger charge is -2.47. The van der Waals surface area contributed by atoms with Gasteiger partial charge in [0.15, 0.2) is 22.4 Å². The molecule has 3 aliphatic heterocycles. The highest BCUT2D eigenvalue weighted by Gasteiger charge is 2.57. The van der Waals surface area contributed by atoms with Crippen LogP contribution in [0.2, 0.25) is 36.3 Å². The number of esters is 1. The van der Waals surface area contributed by atoms with E-state index in [-0.39, 0.29) is 84.7 Å². The largest absolute Gasteiger partial charge is 0.456 e. The maximum Gasteiger partial charge on any atom is 0.329 e. The molecule has 14 nitrogen and oxygen atoms in total. The van der Waals surface area contributed by atoms with Gasteiger partial charge in [0.1, 0.15) is 18.2 Å². The van der Waals surface area contributed by atoms with E-state index in [9.17, 15) is 24.6 Å². The molecule has 4 rings (SSSR count). The molecule has 2 N–H and O–H groups in total. The number of Topliss-reactive ketones (excluding diaryl/α,β-unsaturated/α-hetero) is 2. The van der Waals surface area contributed by atoms with E-state index in [1.807, 2.05) is 26.8 Å². The number of rotatable bonds is 11. The molecule has 0 aromatic heterocycles. The summed E-state index contributed by atoms with van der Waals surface area (Å²) in [6.45, 7) is 31.6. The van der Waals surface area contributed by atoms with Crippen LogP contribution in [-0.4, -0.2) is 144 Å². The SMILES string of the molecule is COC1CC(C=C(C)C2OC(=O)C3CCCCN3C(=O)C(=O)C3(O)O[C@@H]([C@@H](OC)CC3C)[C@@H](OC)C[C@@H](C)CC(C)C=C(CCO)C(=O)C[C@H](O[Si](C)(C)C(C)(C)C)[C@H]2C)CCC1O[Si](C)(C)C(C)(C)C. The van der Waals surface area contributed by atoms with E-state index in [4.69, 9.17) is 32.5 Å². The van der Waals surface area contributed by atoms with Crippen LogP contribution in [-0.2, 0) is 51.7 Å². The summed E-state index contributed by atoms with van der Waals surface area (Å²) < 4.78 is 45.3. The molecule has 3 fully saturated rings. The maximum atomic E-state index is 15.0. The number of carbonyl (C=O) groups is 4. The van der Waals surface area contributed by atoms with Crippen molar-refractivity contribution in [3.63, 3.8) is 0 Å². The van der Waals surface area contributed by atoms with Crippen molar-refractivity contribution < 1.29 is 61.9 Å². The van der Waals surface area contributed by atoms with Gasteiger partial charge >= 0.3 is 5.97 Å². The Hall–Kier alpha value is -2.13. The van der Waals surface area contributed by atoms with Gasteiger partial charge in [0.25, 0.3) is 11.7 Å². The number of hydrogen-bond donors (Lipinski definition) is 2. The fraction of sp³-hybridized carbons (Fsp3) is 0.855. The van der Waals surface area contributed by atoms with Crippen molar-refractivity contribution in [2.24, 2.45) is 29.6 Å². The fourth-order valence-corrected chi connectivity index (χ4v) is 13.6. The zero-order valence-electron chi connectivity index (χ0n) is 47.2. The van der Waals surface area contributed by atoms with Crippen LogP contribution in [0.3, 0.4) is 0 Å². The van der Waals surface area contributed by atoms with E-state index in [1.54, 1.807) is 28.3 Å². The van der Waals surface area contributed by atoms with Crippen LogP contribution in [0.25, 0.3) is 0 Å². The summed E-state index contributed by atoms with van der Waals surface area (Å²) in [5.41, 5.74) is 1.30. The third-order valence-electron chi connectivity index (χ3n) is 17.3. The minimum absolute atomic E-state index is 0.00670. The van der Waals surface area contributed by atoms with Crippen LogP contribution in [0.4, 0.5) is 0 Å². The summed E-state index contributed by atoms with van der Waals surface area (Å²) in [7, 11) is 0.130. The molecule has 1 aliphatic carbocycles. The second-order valence-corrected chi connectivity index (χ2v) is 34.5. The first-order chi connectivity index (χ1) is 32.9. The Morgan fingerprint density at radius 3 is 1.93 bits per heavy atom. The Labute approximate surface area is 430 Å². The lowest BCUT2D eigenvalue weighted by Crippen LogP contribution is -2.64. The predicted molar refractivity (Wildman–Crippen MR) is 282 cm³/mol. The number of fused-ring (bicyclic) bond motifs is 3. The first-order valence-electron chi connectivity index (χ1n) is 26.8. The summed E-state index contributed by atoms with van der Waals surface area (Å²) >= 11 is 0. The number of cyclic esters (lactones) is 1. The highest BCUT2D eigenvalue weighted by molar-refractivity contribution is 6.74. The topological polar surface area (TPSA) is 177 Å². The molecule has 0 radical (unpaired) electrons. The molecule has 8 unspecified atom stereocenters. The molecule has 0 aromatic rings. The lowest BCUT2D eigenvalue weighted by molar-refractivity contribution is -0.302. The van der Waals surface area contributed by atoms with Crippen molar-refractivity contribution in [1.82, 2.24) is 4.90 Å². The summed E-state index contributed by atoms with van der Waals surface area (Å²) in [5, 5.41) is 22.4. The summed E-state index contributed by atoms with van der Waals surface area (Å²) in [6, 6.07) is -1.13. The monoisotopic (exact) mass is 1040 g/mol. The van der Waals surface area contributed by atoms with Gasteiger partial charge in [-0.05, 0) is 136 Å². The molecule has 2 bridgehead atoms. The van der Waals surface area contributed by atoms with Crippen LogP contribution in [0.1, 0.15) is 147 Å². The van der Waals surface area contributed by atoms with Crippen molar-refractivity contribution in [3.05, 3.63) is 23.3 Å². The highest BCUT2D eigenvalue weighted by Crippen LogP contribution is 2.44. The van der Waals surface area contributed by atoms with Crippen LogP contribution < -0.4 is 0 Å². The van der Waals surface area contributed by atoms with Crippen molar-refractivity contribution in [2.45, 2.75) is 238 Å². The van der Waals surface area contributed by atoms with Crippen LogP contribution in [0, 0.1) is 29.6 Å². The number of methoxy groups -OCH3 is 3. The molecular formula is C55H97NO13Si2. The number of nitrogens with zero attached hydrogens (tertiary/aromatic N) is 1. The van der Waals surface area contributed by atoms with Gasteiger partial charge in [-0.2, -0.15) is 0 Å². The number of amides is 1. The second kappa shape index (κ2) is 25.1. The third kappa shape index (κ3) is 15.1. The smallest absolute Gasteiger partial charge is 0.329 e. The molecule has 1 amide bonds. The summed E-state index contributed by atoms with van der Waals surface area (Å²) in [5.74, 6) is -6.89. The molecule has 14 atom stereocenters. The average Bonchev–Trinajstić information content (AvgIpc) is 3.28. The molecule has 3 heterocycles. The lowest BCUT2D eigenvalue weighted by atomic mass is 9.81. The molecule has 0 aromatic carbocycles. The normalized spacial score (nSPS) is 35.6. The number of aliphatic hydroxyl groups is 2. The summed E-state index contributed by atoms with van der Waals surface area (Å²) in [4.78, 5) is 60.3. The van der Waals surface area contributed by atoms with Crippen molar-refractivity contribution in [1.29, 1.82) is 0 Å². The maximum absolute atomic E-state index is 15.0. The summed E-state index contributed by atoms with van der Waals surface area (Å²) in [6.07, 6.45) is 5.44. The van der Waals surface area contributed by atoms with E-state index in [0.29, 0.717) is 37.7 Å². The molecule has 71 heavy (non-hydrogen) atoms. The number of allylic oxidation sites excluding steroid dienone is 2. The Morgan fingerprint density at radius 2 is 1.37 bits per heavy atom. The fourth-order valence-electron chi connectivity index (χ4n) is 10.8. The predicted octanol–water partition coefficient (Wildman–Crippen LogP) is 9.50. The number of ether oxygens (including phenoxy) is 5. The Kier molecular flexibility index (Phi) is 21.8. The number of carbonyl (C=O) groups excluding carboxylic acids is 4. The number of ketones is 2. The van der Waals surface area contributed by atoms with Gasteiger partial charge in [0, 0.05) is 52.7 Å². The van der Waals surface area contributed by atoms with E-state index >= 15 is 4.79 Å². The van der Waals surface area contributed by atoms with E-state index in [2.05, 4.69) is 80.7 Å². The van der Waals surface area contributed by atoms with Crippen molar-refractivity contribution in [3.8, 4) is 0 Å². The third-order valence-corrected chi connectivity index (χ3v) is 26.3. The molecule has 4 aliphatic rings. The van der Waals surface area contributed by atoms with Crippen LogP contribution in [0.15, 0.2) is 23.3 Å². The first-order valence-corrected chi connectivity index (χ1v) is 32.6. The highest BCUT2D eigenvalue weighted by atomic mass is 28.4. The van der Waals surface area contributed by atoms with Gasteiger partial charge in [-0.25, -0.2) is 4.79 Å². The molecule has 0 spiro atoms. The Morgan fingerprint density at radius 1 is 0.789 bits per heavy atom. The van der Waals surface area contributed by atoms with Gasteiger partial charge in [-0.15, -0.1) is 0 Å². The average molecular weight is 1040 g/mol. The van der Waals surface area contributed by atoms with Crippen LogP contribution in [0.5, 0.6) is 0 Å². The molecule has 408 valence electrons. The Balaban J connectivity index is 1.89. The zero-order chi connectivity index (χ0) is 53.6. The number of hydrogen-bond acceptors (Lipinski definition) is 13. The molecule has 16 heteroatoms. The van der Waals surface area contributed by atoms with Crippen molar-refractivity contribution >= 4 is 40.1 Å². The van der Waals surface area contributed by atoms with Gasteiger partial charge in [-0.1, -0.05) is 81.4 Å². The minimum atomic E-state index is -2.60. The Bertz CT molecular complexity index is 1870. The van der Waals surface area contributed by atoms with Gasteiger partial charge in [-0.3, -0.25) is 14.4 Å². The van der Waals surface area contributed by atoms with Gasteiger partial charge in [0.2, 0.25) is 5.79 Å². The number of piperidine rings is 1. The zero-order valence-corrected chi connectivity index (χ0v) is 49.2. The molecule has 1 saturated carbocycles. The van der Waals surface area contributed by atoms with Gasteiger partial charge in [0.05, 0.1) is 30.5 Å².